The zero-order valence-electron chi connectivity index (χ0n) is 8.29. The van der Waals surface area contributed by atoms with Crippen LogP contribution in [0.3, 0.4) is 0 Å². The van der Waals surface area contributed by atoms with Crippen molar-refractivity contribution in [2.75, 3.05) is 0 Å². The highest BCUT2D eigenvalue weighted by atomic mass is 79.9. The molecular formula is C12H9Br2ClO. The van der Waals surface area contributed by atoms with Gasteiger partial charge in [-0.05, 0) is 52.2 Å². The highest BCUT2D eigenvalue weighted by molar-refractivity contribution is 9.10. The van der Waals surface area contributed by atoms with Crippen LogP contribution in [0, 0.1) is 0 Å². The van der Waals surface area contributed by atoms with E-state index < -0.39 is 0 Å². The predicted octanol–water partition coefficient (Wildman–Crippen LogP) is 5.33. The summed E-state index contributed by atoms with van der Waals surface area (Å²) in [5.41, 5.74) is 1.18. The monoisotopic (exact) mass is 362 g/mol. The Hall–Kier alpha value is -0.250. The molecule has 0 saturated heterocycles. The van der Waals surface area contributed by atoms with E-state index in [2.05, 4.69) is 44.0 Å². The molecule has 1 aromatic carbocycles. The Bertz CT molecular complexity index is 481. The summed E-state index contributed by atoms with van der Waals surface area (Å²) in [7, 11) is 0. The van der Waals surface area contributed by atoms with Crippen LogP contribution in [0.5, 0.6) is 0 Å². The van der Waals surface area contributed by atoms with Crippen LogP contribution in [0.4, 0.5) is 0 Å². The summed E-state index contributed by atoms with van der Waals surface area (Å²) in [5, 5.41) is -0.138. The van der Waals surface area contributed by atoms with Gasteiger partial charge < -0.3 is 4.42 Å². The van der Waals surface area contributed by atoms with E-state index in [1.165, 1.54) is 5.56 Å². The van der Waals surface area contributed by atoms with Crippen molar-refractivity contribution in [3.8, 4) is 0 Å². The molecule has 1 aromatic heterocycles. The largest absolute Gasteiger partial charge is 0.453 e. The van der Waals surface area contributed by atoms with Gasteiger partial charge in [-0.25, -0.2) is 0 Å². The van der Waals surface area contributed by atoms with Gasteiger partial charge in [0.15, 0.2) is 4.67 Å². The second-order valence-corrected chi connectivity index (χ2v) is 5.67. The molecule has 0 aliphatic heterocycles. The molecule has 0 radical (unpaired) electrons. The molecule has 4 heteroatoms. The van der Waals surface area contributed by atoms with E-state index >= 15 is 0 Å². The average Bonchev–Trinajstić information content (AvgIpc) is 2.65. The molecule has 1 heterocycles. The number of hydrogen-bond acceptors (Lipinski definition) is 1. The van der Waals surface area contributed by atoms with Gasteiger partial charge in [-0.2, -0.15) is 0 Å². The van der Waals surface area contributed by atoms with Crippen molar-refractivity contribution in [1.82, 2.24) is 0 Å². The molecule has 2 rings (SSSR count). The van der Waals surface area contributed by atoms with E-state index in [4.69, 9.17) is 16.0 Å². The maximum atomic E-state index is 6.28. The van der Waals surface area contributed by atoms with E-state index in [0.717, 1.165) is 16.7 Å². The Morgan fingerprint density at radius 2 is 2.00 bits per heavy atom. The van der Waals surface area contributed by atoms with Crippen LogP contribution in [0.25, 0.3) is 0 Å². The molecule has 0 aliphatic rings. The minimum Gasteiger partial charge on any atom is -0.453 e. The van der Waals surface area contributed by atoms with Crippen LogP contribution in [0.15, 0.2) is 50.0 Å². The summed E-state index contributed by atoms with van der Waals surface area (Å²) in [6.45, 7) is 0. The van der Waals surface area contributed by atoms with Gasteiger partial charge in [0, 0.05) is 4.47 Å². The first-order valence-electron chi connectivity index (χ1n) is 4.79. The van der Waals surface area contributed by atoms with E-state index in [0.29, 0.717) is 4.67 Å². The normalized spacial score (nSPS) is 12.7. The Morgan fingerprint density at radius 3 is 2.62 bits per heavy atom. The van der Waals surface area contributed by atoms with E-state index in [-0.39, 0.29) is 5.38 Å². The SMILES string of the molecule is ClC(Cc1cccc(Br)c1)c1ccc(Br)o1. The molecule has 2 aromatic rings. The van der Waals surface area contributed by atoms with Crippen molar-refractivity contribution in [2.45, 2.75) is 11.8 Å². The van der Waals surface area contributed by atoms with E-state index in [1.54, 1.807) is 0 Å². The van der Waals surface area contributed by atoms with Crippen LogP contribution in [-0.4, -0.2) is 0 Å². The maximum absolute atomic E-state index is 6.28. The number of furan rings is 1. The molecular weight excluding hydrogens is 355 g/mol. The second kappa shape index (κ2) is 5.39. The van der Waals surface area contributed by atoms with Gasteiger partial charge in [0.25, 0.3) is 0 Å². The fourth-order valence-corrected chi connectivity index (χ4v) is 2.53. The Kier molecular flexibility index (Phi) is 4.11. The number of halogens is 3. The van der Waals surface area contributed by atoms with Crippen LogP contribution >= 0.6 is 43.5 Å². The summed E-state index contributed by atoms with van der Waals surface area (Å²) in [4.78, 5) is 0. The fourth-order valence-electron chi connectivity index (χ4n) is 1.47. The molecule has 0 aliphatic carbocycles. The van der Waals surface area contributed by atoms with Gasteiger partial charge in [0.1, 0.15) is 5.76 Å². The van der Waals surface area contributed by atoms with Crippen LogP contribution in [-0.2, 0) is 6.42 Å². The third-order valence-electron chi connectivity index (χ3n) is 2.21. The van der Waals surface area contributed by atoms with Gasteiger partial charge in [-0.15, -0.1) is 11.6 Å². The van der Waals surface area contributed by atoms with Crippen molar-refractivity contribution in [2.24, 2.45) is 0 Å². The van der Waals surface area contributed by atoms with Gasteiger partial charge >= 0.3 is 0 Å². The topological polar surface area (TPSA) is 13.1 Å². The first-order chi connectivity index (χ1) is 7.65. The number of hydrogen-bond donors (Lipinski definition) is 0. The van der Waals surface area contributed by atoms with Gasteiger partial charge in [0.2, 0.25) is 0 Å². The first kappa shape index (κ1) is 12.2. The second-order valence-electron chi connectivity index (χ2n) is 3.44. The lowest BCUT2D eigenvalue weighted by atomic mass is 10.1. The molecule has 1 atom stereocenters. The van der Waals surface area contributed by atoms with Crippen LogP contribution in [0.1, 0.15) is 16.7 Å². The van der Waals surface area contributed by atoms with Crippen molar-refractivity contribution >= 4 is 43.5 Å². The summed E-state index contributed by atoms with van der Waals surface area (Å²) in [6.07, 6.45) is 0.751. The standard InChI is InChI=1S/C12H9Br2ClO/c13-9-3-1-2-8(6-9)7-10(15)11-4-5-12(14)16-11/h1-6,10H,7H2. The molecule has 0 spiro atoms. The smallest absolute Gasteiger partial charge is 0.169 e. The lowest BCUT2D eigenvalue weighted by Crippen LogP contribution is -1.94. The molecule has 0 bridgehead atoms. The van der Waals surface area contributed by atoms with Crippen LogP contribution < -0.4 is 0 Å². The summed E-state index contributed by atoms with van der Waals surface area (Å²) >= 11 is 13.0. The van der Waals surface area contributed by atoms with Gasteiger partial charge in [-0.1, -0.05) is 28.1 Å². The summed E-state index contributed by atoms with van der Waals surface area (Å²) < 4.78 is 7.20. The highest BCUT2D eigenvalue weighted by Crippen LogP contribution is 2.29. The average molecular weight is 364 g/mol. The predicted molar refractivity (Wildman–Crippen MR) is 72.8 cm³/mol. The van der Waals surface area contributed by atoms with Crippen molar-refractivity contribution in [3.05, 3.63) is 56.9 Å². The van der Waals surface area contributed by atoms with Crippen molar-refractivity contribution < 1.29 is 4.42 Å². The zero-order valence-corrected chi connectivity index (χ0v) is 12.2. The Labute approximate surface area is 116 Å². The molecule has 0 amide bonds. The van der Waals surface area contributed by atoms with Crippen molar-refractivity contribution in [3.63, 3.8) is 0 Å². The quantitative estimate of drug-likeness (QED) is 0.671. The molecule has 0 saturated carbocycles. The number of benzene rings is 1. The first-order valence-corrected chi connectivity index (χ1v) is 6.81. The third kappa shape index (κ3) is 3.12. The highest BCUT2D eigenvalue weighted by Gasteiger charge is 2.13. The van der Waals surface area contributed by atoms with Crippen LogP contribution in [0.2, 0.25) is 0 Å². The Morgan fingerprint density at radius 1 is 1.19 bits per heavy atom. The third-order valence-corrected chi connectivity index (χ3v) is 3.50. The van der Waals surface area contributed by atoms with Gasteiger partial charge in [0.05, 0.1) is 5.38 Å². The van der Waals surface area contributed by atoms with E-state index in [9.17, 15) is 0 Å². The molecule has 1 unspecified atom stereocenters. The maximum Gasteiger partial charge on any atom is 0.169 e. The minimum absolute atomic E-state index is 0.138. The Balaban J connectivity index is 2.10. The minimum atomic E-state index is -0.138. The zero-order chi connectivity index (χ0) is 11.5. The summed E-state index contributed by atoms with van der Waals surface area (Å²) in [6, 6.07) is 11.9. The fraction of sp³-hybridized carbons (Fsp3) is 0.167. The van der Waals surface area contributed by atoms with Crippen molar-refractivity contribution in [1.29, 1.82) is 0 Å². The molecule has 16 heavy (non-hydrogen) atoms. The molecule has 84 valence electrons. The molecule has 0 N–H and O–H groups in total. The molecule has 1 nitrogen and oxygen atoms in total. The van der Waals surface area contributed by atoms with Gasteiger partial charge in [-0.3, -0.25) is 0 Å². The molecule has 0 fully saturated rings. The van der Waals surface area contributed by atoms with E-state index in [1.807, 2.05) is 24.3 Å². The number of alkyl halides is 1. The lowest BCUT2D eigenvalue weighted by Gasteiger charge is -2.06. The summed E-state index contributed by atoms with van der Waals surface area (Å²) in [5.74, 6) is 0.786. The number of rotatable bonds is 3. The lowest BCUT2D eigenvalue weighted by molar-refractivity contribution is 0.481.